The molecule has 0 aromatic heterocycles. The Morgan fingerprint density at radius 1 is 0.821 bits per heavy atom. The Hall–Kier alpha value is -0.0400. The van der Waals surface area contributed by atoms with E-state index in [9.17, 15) is 0 Å². The molecule has 4 fully saturated rings. The number of fused-ring (bicyclic) bond motifs is 5. The topological polar surface area (TPSA) is 26.0 Å². The van der Waals surface area contributed by atoms with Crippen molar-refractivity contribution in [2.24, 2.45) is 58.0 Å². The second-order valence-electron chi connectivity index (χ2n) is 12.7. The first-order chi connectivity index (χ1) is 13.3. The fraction of sp³-hybridized carbons (Fsp3) is 1.00. The molecule has 0 aromatic carbocycles. The summed E-state index contributed by atoms with van der Waals surface area (Å²) in [5, 5.41) is 0. The minimum absolute atomic E-state index is 0.477. The molecular weight excluding hydrogens is 338 g/mol. The molecule has 0 aromatic rings. The van der Waals surface area contributed by atoms with Gasteiger partial charge in [0.25, 0.3) is 0 Å². The van der Waals surface area contributed by atoms with Gasteiger partial charge in [-0.3, -0.25) is 0 Å². The van der Waals surface area contributed by atoms with Crippen molar-refractivity contribution in [1.82, 2.24) is 0 Å². The van der Waals surface area contributed by atoms with E-state index in [0.717, 1.165) is 41.4 Å². The predicted molar refractivity (Wildman–Crippen MR) is 121 cm³/mol. The highest BCUT2D eigenvalue weighted by atomic mass is 14.7. The lowest BCUT2D eigenvalue weighted by molar-refractivity contribution is -0.117. The standard InChI is InChI=1S/C27H49N/c1-18(2)7-6-8-19(3)23-13-14-24-22-12-10-20-9-11-21(28)17-27(20,5)25(22)15-16-26(23,24)4/h18-25H,6-17,28H2,1-5H3/t19-,20?,21?,22?,23?,24?,25?,26?,27?/m1/s1. The molecule has 1 heteroatoms. The molecule has 0 bridgehead atoms. The molecule has 0 heterocycles. The Labute approximate surface area is 176 Å². The van der Waals surface area contributed by atoms with Gasteiger partial charge < -0.3 is 5.73 Å². The van der Waals surface area contributed by atoms with Gasteiger partial charge in [-0.2, -0.15) is 0 Å². The van der Waals surface area contributed by atoms with Gasteiger partial charge in [-0.25, -0.2) is 0 Å². The smallest absolute Gasteiger partial charge is 0.00443 e. The van der Waals surface area contributed by atoms with Gasteiger partial charge in [0, 0.05) is 6.04 Å². The number of hydrogen-bond acceptors (Lipinski definition) is 1. The summed E-state index contributed by atoms with van der Waals surface area (Å²) >= 11 is 0. The van der Waals surface area contributed by atoms with Crippen LogP contribution < -0.4 is 5.73 Å². The van der Waals surface area contributed by atoms with Gasteiger partial charge in [-0.05, 0) is 110 Å². The van der Waals surface area contributed by atoms with Crippen molar-refractivity contribution in [1.29, 1.82) is 0 Å². The first kappa shape index (κ1) is 21.2. The first-order valence-corrected chi connectivity index (χ1v) is 13.0. The van der Waals surface area contributed by atoms with E-state index in [-0.39, 0.29) is 0 Å². The van der Waals surface area contributed by atoms with Crippen molar-refractivity contribution in [2.75, 3.05) is 0 Å². The molecule has 0 amide bonds. The lowest BCUT2D eigenvalue weighted by Gasteiger charge is -2.61. The van der Waals surface area contributed by atoms with Crippen molar-refractivity contribution in [3.63, 3.8) is 0 Å². The van der Waals surface area contributed by atoms with Crippen LogP contribution in [0.5, 0.6) is 0 Å². The Bertz CT molecular complexity index is 540. The zero-order chi connectivity index (χ0) is 20.1. The van der Waals surface area contributed by atoms with E-state index in [0.29, 0.717) is 16.9 Å². The molecular formula is C27H49N. The molecule has 4 aliphatic rings. The first-order valence-electron chi connectivity index (χ1n) is 13.0. The summed E-state index contributed by atoms with van der Waals surface area (Å²) in [6.07, 6.45) is 17.5. The molecule has 0 spiro atoms. The SMILES string of the molecule is CC(C)CCC[C@@H](C)C1CCC2C3CCC4CCC(N)CC4(C)C3CCC21C. The second kappa shape index (κ2) is 7.90. The number of hydrogen-bond donors (Lipinski definition) is 1. The van der Waals surface area contributed by atoms with Crippen LogP contribution in [0.2, 0.25) is 0 Å². The van der Waals surface area contributed by atoms with Crippen molar-refractivity contribution in [2.45, 2.75) is 118 Å². The zero-order valence-corrected chi connectivity index (χ0v) is 19.7. The van der Waals surface area contributed by atoms with Crippen LogP contribution in [-0.4, -0.2) is 6.04 Å². The zero-order valence-electron chi connectivity index (χ0n) is 19.7. The number of nitrogens with two attached hydrogens (primary N) is 1. The maximum atomic E-state index is 6.51. The molecule has 162 valence electrons. The second-order valence-corrected chi connectivity index (χ2v) is 12.7. The summed E-state index contributed by atoms with van der Waals surface area (Å²) < 4.78 is 0. The van der Waals surface area contributed by atoms with Crippen LogP contribution in [0.25, 0.3) is 0 Å². The summed E-state index contributed by atoms with van der Waals surface area (Å²) in [7, 11) is 0. The van der Waals surface area contributed by atoms with E-state index < -0.39 is 0 Å². The van der Waals surface area contributed by atoms with Gasteiger partial charge in [0.2, 0.25) is 0 Å². The Morgan fingerprint density at radius 2 is 1.54 bits per heavy atom. The number of rotatable bonds is 5. The molecule has 4 aliphatic carbocycles. The summed E-state index contributed by atoms with van der Waals surface area (Å²) in [5.41, 5.74) is 7.71. The van der Waals surface area contributed by atoms with E-state index in [1.54, 1.807) is 0 Å². The highest BCUT2D eigenvalue weighted by molar-refractivity contribution is 5.10. The van der Waals surface area contributed by atoms with Crippen LogP contribution in [0.1, 0.15) is 112 Å². The monoisotopic (exact) mass is 387 g/mol. The molecule has 4 rings (SSSR count). The third-order valence-corrected chi connectivity index (χ3v) is 10.9. The minimum atomic E-state index is 0.477. The lowest BCUT2D eigenvalue weighted by Crippen LogP contribution is -2.55. The van der Waals surface area contributed by atoms with E-state index in [1.807, 2.05) is 0 Å². The molecule has 28 heavy (non-hydrogen) atoms. The largest absolute Gasteiger partial charge is 0.328 e. The van der Waals surface area contributed by atoms with Gasteiger partial charge in [-0.15, -0.1) is 0 Å². The fourth-order valence-corrected chi connectivity index (χ4v) is 9.43. The van der Waals surface area contributed by atoms with E-state index in [2.05, 4.69) is 34.6 Å². The molecule has 0 radical (unpaired) electrons. The average molecular weight is 388 g/mol. The van der Waals surface area contributed by atoms with Gasteiger partial charge in [0.15, 0.2) is 0 Å². The van der Waals surface area contributed by atoms with Gasteiger partial charge in [0.05, 0.1) is 0 Å². The minimum Gasteiger partial charge on any atom is -0.328 e. The summed E-state index contributed by atoms with van der Waals surface area (Å²) in [6.45, 7) is 12.8. The average Bonchev–Trinajstić information content (AvgIpc) is 2.98. The quantitative estimate of drug-likeness (QED) is 0.521. The third kappa shape index (κ3) is 3.50. The van der Waals surface area contributed by atoms with Crippen LogP contribution in [0.4, 0.5) is 0 Å². The van der Waals surface area contributed by atoms with Crippen molar-refractivity contribution in [3.05, 3.63) is 0 Å². The summed E-state index contributed by atoms with van der Waals surface area (Å²) in [6, 6.07) is 0.477. The Morgan fingerprint density at radius 3 is 2.29 bits per heavy atom. The molecule has 9 atom stereocenters. The van der Waals surface area contributed by atoms with Crippen molar-refractivity contribution in [3.8, 4) is 0 Å². The van der Waals surface area contributed by atoms with Gasteiger partial charge in [-0.1, -0.05) is 53.9 Å². The van der Waals surface area contributed by atoms with Gasteiger partial charge in [0.1, 0.15) is 0 Å². The van der Waals surface area contributed by atoms with Crippen LogP contribution >= 0.6 is 0 Å². The molecule has 0 saturated heterocycles. The van der Waals surface area contributed by atoms with E-state index in [1.165, 1.54) is 77.0 Å². The van der Waals surface area contributed by atoms with Crippen LogP contribution in [0.15, 0.2) is 0 Å². The van der Waals surface area contributed by atoms with Gasteiger partial charge >= 0.3 is 0 Å². The van der Waals surface area contributed by atoms with Crippen LogP contribution in [0, 0.1) is 52.3 Å². The Balaban J connectivity index is 1.47. The third-order valence-electron chi connectivity index (χ3n) is 10.9. The maximum absolute atomic E-state index is 6.51. The predicted octanol–water partition coefficient (Wildman–Crippen LogP) is 7.44. The highest BCUT2D eigenvalue weighted by Crippen LogP contribution is 2.68. The van der Waals surface area contributed by atoms with E-state index >= 15 is 0 Å². The Kier molecular flexibility index (Phi) is 5.98. The summed E-state index contributed by atoms with van der Waals surface area (Å²) in [4.78, 5) is 0. The van der Waals surface area contributed by atoms with E-state index in [4.69, 9.17) is 5.73 Å². The fourth-order valence-electron chi connectivity index (χ4n) is 9.43. The maximum Gasteiger partial charge on any atom is 0.00443 e. The highest BCUT2D eigenvalue weighted by Gasteiger charge is 2.60. The van der Waals surface area contributed by atoms with Crippen molar-refractivity contribution < 1.29 is 0 Å². The normalized spacial score (nSPS) is 49.4. The lowest BCUT2D eigenvalue weighted by atomic mass is 9.44. The van der Waals surface area contributed by atoms with Crippen LogP contribution in [0.3, 0.4) is 0 Å². The molecule has 2 N–H and O–H groups in total. The molecule has 8 unspecified atom stereocenters. The molecule has 0 aliphatic heterocycles. The van der Waals surface area contributed by atoms with Crippen molar-refractivity contribution >= 4 is 0 Å². The molecule has 4 saturated carbocycles. The van der Waals surface area contributed by atoms with Crippen LogP contribution in [-0.2, 0) is 0 Å². The summed E-state index contributed by atoms with van der Waals surface area (Å²) in [5.74, 6) is 6.77. The molecule has 1 nitrogen and oxygen atoms in total.